The average molecular weight is 1050 g/mol. The van der Waals surface area contributed by atoms with Gasteiger partial charge in [-0.25, -0.2) is 0 Å². The van der Waals surface area contributed by atoms with Gasteiger partial charge in [-0.15, -0.1) is 0 Å². The van der Waals surface area contributed by atoms with Gasteiger partial charge in [-0.3, -0.25) is 14.4 Å². The molecule has 0 radical (unpaired) electrons. The molecule has 0 aromatic carbocycles. The molecule has 0 bridgehead atoms. The number of esters is 3. The van der Waals surface area contributed by atoms with Crippen LogP contribution in [0.2, 0.25) is 0 Å². The van der Waals surface area contributed by atoms with Gasteiger partial charge in [0.25, 0.3) is 0 Å². The van der Waals surface area contributed by atoms with Crippen LogP contribution < -0.4 is 0 Å². The monoisotopic (exact) mass is 1050 g/mol. The summed E-state index contributed by atoms with van der Waals surface area (Å²) < 4.78 is 16.8. The Morgan fingerprint density at radius 3 is 0.934 bits per heavy atom. The third kappa shape index (κ3) is 60.2. The number of ether oxygens (including phenoxy) is 3. The molecule has 0 saturated carbocycles. The summed E-state index contributed by atoms with van der Waals surface area (Å²) in [6, 6.07) is 0. The van der Waals surface area contributed by atoms with Crippen LogP contribution in [0.5, 0.6) is 0 Å². The maximum atomic E-state index is 12.9. The number of carbonyl (C=O) groups excluding carboxylic acids is 3. The summed E-state index contributed by atoms with van der Waals surface area (Å²) in [6.07, 6.45) is 90.1. The van der Waals surface area contributed by atoms with Crippen molar-refractivity contribution in [1.29, 1.82) is 0 Å². The molecule has 6 nitrogen and oxygen atoms in total. The smallest absolute Gasteiger partial charge is 0.309 e. The van der Waals surface area contributed by atoms with Gasteiger partial charge in [-0.05, 0) is 122 Å². The zero-order valence-corrected chi connectivity index (χ0v) is 49.0. The van der Waals surface area contributed by atoms with Gasteiger partial charge in [0.15, 0.2) is 6.10 Å². The molecule has 1 atom stereocenters. The quantitative estimate of drug-likeness (QED) is 0.0261. The van der Waals surface area contributed by atoms with Crippen molar-refractivity contribution in [3.63, 3.8) is 0 Å². The Morgan fingerprint density at radius 2 is 0.566 bits per heavy atom. The Balaban J connectivity index is 4.50. The van der Waals surface area contributed by atoms with Crippen LogP contribution in [0.25, 0.3) is 0 Å². The molecular formula is C70H112O6. The first-order valence-electron chi connectivity index (χ1n) is 30.8. The summed E-state index contributed by atoms with van der Waals surface area (Å²) in [5.74, 6) is -1.08. The van der Waals surface area contributed by atoms with Crippen LogP contribution in [0, 0.1) is 0 Å². The number of allylic oxidation sites excluding steroid dienone is 23. The summed E-state index contributed by atoms with van der Waals surface area (Å²) in [6.45, 7) is 6.31. The summed E-state index contributed by atoms with van der Waals surface area (Å²) in [7, 11) is 0. The zero-order valence-electron chi connectivity index (χ0n) is 49.0. The third-order valence-corrected chi connectivity index (χ3v) is 12.6. The van der Waals surface area contributed by atoms with Crippen molar-refractivity contribution < 1.29 is 28.6 Å². The molecule has 0 N–H and O–H groups in total. The van der Waals surface area contributed by atoms with E-state index in [1.807, 2.05) is 6.08 Å². The van der Waals surface area contributed by atoms with Crippen molar-refractivity contribution in [2.24, 2.45) is 0 Å². The van der Waals surface area contributed by atoms with Crippen molar-refractivity contribution in [3.05, 3.63) is 146 Å². The molecule has 428 valence electrons. The second kappa shape index (κ2) is 62.8. The maximum absolute atomic E-state index is 12.9. The number of hydrogen-bond donors (Lipinski definition) is 0. The van der Waals surface area contributed by atoms with E-state index in [0.29, 0.717) is 12.8 Å². The molecule has 1 unspecified atom stereocenters. The lowest BCUT2D eigenvalue weighted by Crippen LogP contribution is -2.30. The molecule has 0 fully saturated rings. The Kier molecular flexibility index (Phi) is 58.9. The standard InChI is InChI=1S/C70H112O6/c1-4-7-10-13-16-19-22-25-28-30-32-33-34-35-36-37-38-40-42-45-48-51-54-57-60-63-69(72)75-66-67(65-74-68(71)62-59-56-53-50-47-44-41-27-24-21-18-15-12-9-6-3)76-70(73)64-61-58-55-52-49-46-43-39-31-29-26-23-20-17-14-11-8-5-2/h7,9-10,12,16,18-19,21,25,27-29,31-33,35-36,38,40-41,47,50,56,59,67H,4-6,8,11,13-15,17,20,22-24,26,30,34,37,39,42-46,48-49,51-55,57-58,60-66H2,1-3H3/b10-7-,12-9-,19-16-,21-18-,28-25-,31-29-,33-32-,36-35-,40-38-,41-27-,50-47-,59-56-. The fourth-order valence-corrected chi connectivity index (χ4v) is 8.04. The minimum Gasteiger partial charge on any atom is -0.462 e. The topological polar surface area (TPSA) is 78.9 Å². The molecule has 0 aliphatic heterocycles. The van der Waals surface area contributed by atoms with Crippen LogP contribution in [-0.4, -0.2) is 37.2 Å². The van der Waals surface area contributed by atoms with Crippen LogP contribution in [0.4, 0.5) is 0 Å². The van der Waals surface area contributed by atoms with Gasteiger partial charge in [0.05, 0.1) is 6.42 Å². The first-order chi connectivity index (χ1) is 37.5. The summed E-state index contributed by atoms with van der Waals surface area (Å²) in [4.78, 5) is 38.2. The molecule has 0 aliphatic rings. The minimum atomic E-state index is -0.834. The summed E-state index contributed by atoms with van der Waals surface area (Å²) >= 11 is 0. The number of rotatable bonds is 54. The molecule has 0 rings (SSSR count). The fourth-order valence-electron chi connectivity index (χ4n) is 8.04. The van der Waals surface area contributed by atoms with Gasteiger partial charge >= 0.3 is 17.9 Å². The van der Waals surface area contributed by atoms with Crippen molar-refractivity contribution in [2.45, 2.75) is 264 Å². The van der Waals surface area contributed by atoms with Gasteiger partial charge in [0.2, 0.25) is 0 Å². The predicted octanol–water partition coefficient (Wildman–Crippen LogP) is 21.2. The number of hydrogen-bond acceptors (Lipinski definition) is 6. The molecule has 76 heavy (non-hydrogen) atoms. The lowest BCUT2D eigenvalue weighted by atomic mass is 10.1. The highest BCUT2D eigenvalue weighted by Gasteiger charge is 2.19. The average Bonchev–Trinajstić information content (AvgIpc) is 3.42. The van der Waals surface area contributed by atoms with Gasteiger partial charge in [0, 0.05) is 12.8 Å². The Bertz CT molecular complexity index is 1680. The molecule has 0 spiro atoms. The highest BCUT2D eigenvalue weighted by Crippen LogP contribution is 2.14. The van der Waals surface area contributed by atoms with Crippen molar-refractivity contribution in [3.8, 4) is 0 Å². The molecule has 0 aliphatic carbocycles. The fraction of sp³-hybridized carbons (Fsp3) is 0.614. The molecular weight excluding hydrogens is 937 g/mol. The van der Waals surface area contributed by atoms with Crippen LogP contribution in [0.1, 0.15) is 258 Å². The van der Waals surface area contributed by atoms with Crippen molar-refractivity contribution in [1.82, 2.24) is 0 Å². The van der Waals surface area contributed by atoms with Crippen molar-refractivity contribution in [2.75, 3.05) is 13.2 Å². The van der Waals surface area contributed by atoms with E-state index in [1.54, 1.807) is 6.08 Å². The van der Waals surface area contributed by atoms with Crippen LogP contribution in [-0.2, 0) is 28.6 Å². The van der Waals surface area contributed by atoms with Crippen LogP contribution in [0.3, 0.4) is 0 Å². The third-order valence-electron chi connectivity index (χ3n) is 12.6. The first-order valence-corrected chi connectivity index (χ1v) is 30.8. The van der Waals surface area contributed by atoms with Crippen LogP contribution in [0.15, 0.2) is 146 Å². The Labute approximate surface area is 467 Å². The Hall–Kier alpha value is -4.71. The molecule has 0 saturated heterocycles. The lowest BCUT2D eigenvalue weighted by molar-refractivity contribution is -0.166. The number of carbonyl (C=O) groups is 3. The normalized spacial score (nSPS) is 13.1. The molecule has 0 aromatic heterocycles. The van der Waals surface area contributed by atoms with Crippen LogP contribution >= 0.6 is 0 Å². The molecule has 6 heteroatoms. The van der Waals surface area contributed by atoms with E-state index in [-0.39, 0.29) is 31.6 Å². The summed E-state index contributed by atoms with van der Waals surface area (Å²) in [5.41, 5.74) is 0. The minimum absolute atomic E-state index is 0.118. The van der Waals surface area contributed by atoms with Crippen molar-refractivity contribution >= 4 is 17.9 Å². The predicted molar refractivity (Wildman–Crippen MR) is 329 cm³/mol. The van der Waals surface area contributed by atoms with Gasteiger partial charge < -0.3 is 14.2 Å². The van der Waals surface area contributed by atoms with Gasteiger partial charge in [-0.1, -0.05) is 263 Å². The van der Waals surface area contributed by atoms with Gasteiger partial charge in [-0.2, -0.15) is 0 Å². The van der Waals surface area contributed by atoms with Gasteiger partial charge in [0.1, 0.15) is 13.2 Å². The van der Waals surface area contributed by atoms with E-state index < -0.39 is 12.1 Å². The van der Waals surface area contributed by atoms with E-state index in [0.717, 1.165) is 122 Å². The highest BCUT2D eigenvalue weighted by molar-refractivity contribution is 5.72. The van der Waals surface area contributed by atoms with E-state index >= 15 is 0 Å². The zero-order chi connectivity index (χ0) is 55.0. The van der Waals surface area contributed by atoms with E-state index in [4.69, 9.17) is 14.2 Å². The second-order valence-corrected chi connectivity index (χ2v) is 19.9. The molecule has 0 aromatic rings. The number of unbranched alkanes of at least 4 members (excludes halogenated alkanes) is 20. The molecule has 0 amide bonds. The van der Waals surface area contributed by atoms with E-state index in [2.05, 4.69) is 154 Å². The largest absolute Gasteiger partial charge is 0.462 e. The summed E-state index contributed by atoms with van der Waals surface area (Å²) in [5, 5.41) is 0. The second-order valence-electron chi connectivity index (χ2n) is 19.9. The maximum Gasteiger partial charge on any atom is 0.309 e. The highest BCUT2D eigenvalue weighted by atomic mass is 16.6. The SMILES string of the molecule is CC/C=C\C/C=C\C/C=C\C/C=C\C/C=C\C/C=C\CCCCCCCCC(=O)OCC(COC(=O)C/C=C\C/C=C\C/C=C\C/C=C\C/C=C\CC)OC(=O)CCCCCCCCC/C=C\CCCCCCCCC. The lowest BCUT2D eigenvalue weighted by Gasteiger charge is -2.18. The Morgan fingerprint density at radius 1 is 0.289 bits per heavy atom. The first kappa shape index (κ1) is 71.3. The van der Waals surface area contributed by atoms with E-state index in [1.165, 1.54) is 96.3 Å². The molecule has 0 heterocycles. The van der Waals surface area contributed by atoms with E-state index in [9.17, 15) is 14.4 Å².